The number of carbonyl (C=O) groups excluding carboxylic acids is 2. The van der Waals surface area contributed by atoms with E-state index in [1.807, 2.05) is 18.2 Å². The van der Waals surface area contributed by atoms with Gasteiger partial charge in [-0.05, 0) is 36.2 Å². The maximum Gasteiger partial charge on any atom is 0.338 e. The second kappa shape index (κ2) is 7.61. The Hall–Kier alpha value is -2.80. The molecule has 134 valence electrons. The molecule has 26 heavy (non-hydrogen) atoms. The number of esters is 1. The molecule has 0 radical (unpaired) electrons. The Labute approximate surface area is 159 Å². The van der Waals surface area contributed by atoms with Gasteiger partial charge in [0.2, 0.25) is 0 Å². The number of benzene rings is 2. The highest BCUT2D eigenvalue weighted by Crippen LogP contribution is 2.36. The molecule has 0 saturated heterocycles. The molecule has 0 unspecified atom stereocenters. The lowest BCUT2D eigenvalue weighted by molar-refractivity contribution is -0.138. The SMILES string of the molecule is CCOC(=O)C1=C(c2ccccc2)NC(=O)N[C@@H]1c1cc(O)ccc1Br. The van der Waals surface area contributed by atoms with E-state index in [0.717, 1.165) is 0 Å². The summed E-state index contributed by atoms with van der Waals surface area (Å²) in [6.07, 6.45) is 0. The lowest BCUT2D eigenvalue weighted by atomic mass is 9.92. The monoisotopic (exact) mass is 416 g/mol. The maximum atomic E-state index is 12.7. The number of nitrogens with one attached hydrogen (secondary N) is 2. The van der Waals surface area contributed by atoms with Gasteiger partial charge in [0.25, 0.3) is 0 Å². The molecule has 3 N–H and O–H groups in total. The quantitative estimate of drug-likeness (QED) is 0.665. The van der Waals surface area contributed by atoms with Gasteiger partial charge in [0.15, 0.2) is 0 Å². The third-order valence-corrected chi connectivity index (χ3v) is 4.64. The molecule has 7 heteroatoms. The standard InChI is InChI=1S/C19H17BrN2O4/c1-2-26-18(24)15-16(11-6-4-3-5-7-11)21-19(25)22-17(15)13-10-12(23)8-9-14(13)20/h3-10,17,23H,2H2,1H3,(H2,21,22,25)/t17-/m1/s1. The Morgan fingerprint density at radius 2 is 1.96 bits per heavy atom. The zero-order chi connectivity index (χ0) is 18.7. The molecule has 0 bridgehead atoms. The number of phenols is 1. The fraction of sp³-hybridized carbons (Fsp3) is 0.158. The molecular formula is C19H17BrN2O4. The number of aromatic hydroxyl groups is 1. The second-order valence-corrected chi connectivity index (χ2v) is 6.47. The van der Waals surface area contributed by atoms with E-state index in [1.165, 1.54) is 12.1 Å². The fourth-order valence-electron chi connectivity index (χ4n) is 2.81. The summed E-state index contributed by atoms with van der Waals surface area (Å²) in [5.74, 6) is -0.514. The fourth-order valence-corrected chi connectivity index (χ4v) is 3.29. The number of rotatable bonds is 4. The molecule has 2 aromatic rings. The van der Waals surface area contributed by atoms with Crippen LogP contribution in [0.15, 0.2) is 58.6 Å². The molecule has 2 aromatic carbocycles. The molecule has 0 aromatic heterocycles. The number of hydrogen-bond donors (Lipinski definition) is 3. The zero-order valence-electron chi connectivity index (χ0n) is 14.0. The minimum Gasteiger partial charge on any atom is -0.508 e. The van der Waals surface area contributed by atoms with E-state index in [2.05, 4.69) is 26.6 Å². The first-order valence-electron chi connectivity index (χ1n) is 8.04. The van der Waals surface area contributed by atoms with Gasteiger partial charge in [0.05, 0.1) is 23.9 Å². The zero-order valence-corrected chi connectivity index (χ0v) is 15.5. The first kappa shape index (κ1) is 18.0. The van der Waals surface area contributed by atoms with Crippen LogP contribution in [0.4, 0.5) is 4.79 Å². The van der Waals surface area contributed by atoms with Gasteiger partial charge >= 0.3 is 12.0 Å². The van der Waals surface area contributed by atoms with Gasteiger partial charge in [0, 0.05) is 4.47 Å². The molecule has 2 amide bonds. The highest BCUT2D eigenvalue weighted by molar-refractivity contribution is 9.10. The number of urea groups is 1. The first-order valence-corrected chi connectivity index (χ1v) is 8.83. The molecule has 0 saturated carbocycles. The van der Waals surface area contributed by atoms with Crippen molar-refractivity contribution in [2.45, 2.75) is 13.0 Å². The maximum absolute atomic E-state index is 12.7. The summed E-state index contributed by atoms with van der Waals surface area (Å²) in [6.45, 7) is 1.92. The van der Waals surface area contributed by atoms with Gasteiger partial charge in [-0.15, -0.1) is 0 Å². The highest BCUT2D eigenvalue weighted by atomic mass is 79.9. The molecule has 0 fully saturated rings. The summed E-state index contributed by atoms with van der Waals surface area (Å²) < 4.78 is 5.87. The summed E-state index contributed by atoms with van der Waals surface area (Å²) in [6, 6.07) is 12.5. The summed E-state index contributed by atoms with van der Waals surface area (Å²) in [7, 11) is 0. The number of phenolic OH excluding ortho intramolecular Hbond substituents is 1. The lowest BCUT2D eigenvalue weighted by Crippen LogP contribution is -2.45. The average molecular weight is 417 g/mol. The Morgan fingerprint density at radius 1 is 1.23 bits per heavy atom. The summed E-state index contributed by atoms with van der Waals surface area (Å²) >= 11 is 3.42. The van der Waals surface area contributed by atoms with Crippen LogP contribution in [-0.4, -0.2) is 23.7 Å². The largest absolute Gasteiger partial charge is 0.508 e. The van der Waals surface area contributed by atoms with Crippen molar-refractivity contribution in [3.63, 3.8) is 0 Å². The lowest BCUT2D eigenvalue weighted by Gasteiger charge is -2.30. The van der Waals surface area contributed by atoms with Gasteiger partial charge in [0.1, 0.15) is 5.75 Å². The van der Waals surface area contributed by atoms with Crippen LogP contribution in [0.3, 0.4) is 0 Å². The van der Waals surface area contributed by atoms with Crippen LogP contribution >= 0.6 is 15.9 Å². The van der Waals surface area contributed by atoms with Gasteiger partial charge in [-0.3, -0.25) is 0 Å². The van der Waals surface area contributed by atoms with E-state index >= 15 is 0 Å². The van der Waals surface area contributed by atoms with Crippen molar-refractivity contribution in [1.29, 1.82) is 0 Å². The van der Waals surface area contributed by atoms with E-state index in [-0.39, 0.29) is 17.9 Å². The summed E-state index contributed by atoms with van der Waals surface area (Å²) in [5, 5.41) is 15.3. The molecule has 1 aliphatic rings. The Kier molecular flexibility index (Phi) is 5.27. The molecule has 3 rings (SSSR count). The molecule has 1 atom stereocenters. The van der Waals surface area contributed by atoms with Crippen molar-refractivity contribution in [2.24, 2.45) is 0 Å². The van der Waals surface area contributed by atoms with Gasteiger partial charge in [-0.1, -0.05) is 46.3 Å². The number of hydrogen-bond acceptors (Lipinski definition) is 4. The van der Waals surface area contributed by atoms with Crippen molar-refractivity contribution in [1.82, 2.24) is 10.6 Å². The molecule has 0 aliphatic carbocycles. The van der Waals surface area contributed by atoms with Crippen LogP contribution in [0.2, 0.25) is 0 Å². The average Bonchev–Trinajstić information content (AvgIpc) is 2.64. The van der Waals surface area contributed by atoms with Gasteiger partial charge in [-0.2, -0.15) is 0 Å². The van der Waals surface area contributed by atoms with Crippen molar-refractivity contribution in [2.75, 3.05) is 6.61 Å². The number of ether oxygens (including phenoxy) is 1. The van der Waals surface area contributed by atoms with Crippen LogP contribution in [0, 0.1) is 0 Å². The van der Waals surface area contributed by atoms with Crippen molar-refractivity contribution < 1.29 is 19.4 Å². The Bertz CT molecular complexity index is 880. The predicted molar refractivity (Wildman–Crippen MR) is 100 cm³/mol. The topological polar surface area (TPSA) is 87.7 Å². The van der Waals surface area contributed by atoms with Crippen molar-refractivity contribution in [3.8, 4) is 5.75 Å². The third-order valence-electron chi connectivity index (χ3n) is 3.92. The van der Waals surface area contributed by atoms with Crippen LogP contribution < -0.4 is 10.6 Å². The number of amides is 2. The van der Waals surface area contributed by atoms with Crippen LogP contribution in [-0.2, 0) is 9.53 Å². The third kappa shape index (κ3) is 3.57. The van der Waals surface area contributed by atoms with E-state index in [4.69, 9.17) is 4.74 Å². The minimum absolute atomic E-state index is 0.0282. The van der Waals surface area contributed by atoms with Gasteiger partial charge < -0.3 is 20.5 Å². The van der Waals surface area contributed by atoms with Crippen molar-refractivity contribution >= 4 is 33.6 Å². The molecule has 1 heterocycles. The smallest absolute Gasteiger partial charge is 0.338 e. The van der Waals surface area contributed by atoms with Crippen molar-refractivity contribution in [3.05, 3.63) is 69.7 Å². The van der Waals surface area contributed by atoms with E-state index < -0.39 is 18.0 Å². The van der Waals surface area contributed by atoms with Crippen LogP contribution in [0.5, 0.6) is 5.75 Å². The van der Waals surface area contributed by atoms with Gasteiger partial charge in [-0.25, -0.2) is 9.59 Å². The molecule has 6 nitrogen and oxygen atoms in total. The number of halogens is 1. The minimum atomic E-state index is -0.778. The van der Waals surface area contributed by atoms with E-state index in [9.17, 15) is 14.7 Å². The summed E-state index contributed by atoms with van der Waals surface area (Å²) in [5.41, 5.74) is 1.89. The molecular weight excluding hydrogens is 400 g/mol. The highest BCUT2D eigenvalue weighted by Gasteiger charge is 2.35. The Balaban J connectivity index is 2.22. The van der Waals surface area contributed by atoms with Crippen LogP contribution in [0.1, 0.15) is 24.1 Å². The first-order chi connectivity index (χ1) is 12.5. The number of carbonyl (C=O) groups is 2. The Morgan fingerprint density at radius 3 is 2.65 bits per heavy atom. The second-order valence-electron chi connectivity index (χ2n) is 5.61. The molecule has 0 spiro atoms. The van der Waals surface area contributed by atoms with Crippen LogP contribution in [0.25, 0.3) is 5.70 Å². The normalized spacial score (nSPS) is 16.7. The van der Waals surface area contributed by atoms with E-state index in [0.29, 0.717) is 21.3 Å². The molecule has 1 aliphatic heterocycles. The summed E-state index contributed by atoms with van der Waals surface area (Å²) in [4.78, 5) is 25.0. The van der Waals surface area contributed by atoms with E-state index in [1.54, 1.807) is 25.1 Å². The predicted octanol–water partition coefficient (Wildman–Crippen LogP) is 3.48.